The van der Waals surface area contributed by atoms with Crippen molar-refractivity contribution in [2.45, 2.75) is 23.7 Å². The lowest BCUT2D eigenvalue weighted by Crippen LogP contribution is -2.19. The summed E-state index contributed by atoms with van der Waals surface area (Å²) < 4.78 is 22.3. The highest BCUT2D eigenvalue weighted by Gasteiger charge is 2.25. The van der Waals surface area contributed by atoms with Gasteiger partial charge in [0.15, 0.2) is 5.82 Å². The number of rotatable bonds is 4. The fraction of sp³-hybridized carbons (Fsp3) is 0.231. The van der Waals surface area contributed by atoms with Gasteiger partial charge in [-0.15, -0.1) is 0 Å². The van der Waals surface area contributed by atoms with Crippen LogP contribution >= 0.6 is 0 Å². The summed E-state index contributed by atoms with van der Waals surface area (Å²) in [7, 11) is -3.74. The molecule has 1 aromatic heterocycles. The number of hydrogen-bond acceptors (Lipinski definition) is 4. The van der Waals surface area contributed by atoms with Crippen LogP contribution in [0.25, 0.3) is 0 Å². The van der Waals surface area contributed by atoms with E-state index < -0.39 is 16.1 Å². The number of nitrogens with one attached hydrogen (secondary N) is 3. The summed E-state index contributed by atoms with van der Waals surface area (Å²) in [4.78, 5) is 11.8. The van der Waals surface area contributed by atoms with Gasteiger partial charge in [0.1, 0.15) is 0 Å². The number of benzene rings is 1. The number of urea groups is 1. The van der Waals surface area contributed by atoms with E-state index in [2.05, 4.69) is 20.8 Å². The van der Waals surface area contributed by atoms with Crippen molar-refractivity contribution in [3.8, 4) is 0 Å². The minimum absolute atomic E-state index is 0.0140. The van der Waals surface area contributed by atoms with Crippen molar-refractivity contribution in [2.75, 3.05) is 10.6 Å². The maximum absolute atomic E-state index is 11.8. The van der Waals surface area contributed by atoms with E-state index in [1.54, 1.807) is 6.07 Å². The highest BCUT2D eigenvalue weighted by atomic mass is 32.2. The zero-order valence-electron chi connectivity index (χ0n) is 11.5. The molecule has 8 nitrogen and oxygen atoms in total. The summed E-state index contributed by atoms with van der Waals surface area (Å²) in [6.45, 7) is 0. The molecule has 1 heterocycles. The number of anilines is 2. The van der Waals surface area contributed by atoms with Gasteiger partial charge in [0.25, 0.3) is 0 Å². The number of amides is 2. The van der Waals surface area contributed by atoms with Gasteiger partial charge in [0.2, 0.25) is 10.0 Å². The second-order valence-corrected chi connectivity index (χ2v) is 6.69. The summed E-state index contributed by atoms with van der Waals surface area (Å²) in [6.07, 6.45) is 2.29. The van der Waals surface area contributed by atoms with E-state index >= 15 is 0 Å². The van der Waals surface area contributed by atoms with Crippen LogP contribution in [0, 0.1) is 0 Å². The Labute approximate surface area is 127 Å². The van der Waals surface area contributed by atoms with Crippen LogP contribution in [0.4, 0.5) is 16.3 Å². The van der Waals surface area contributed by atoms with Gasteiger partial charge in [-0.2, -0.15) is 5.10 Å². The molecule has 0 bridgehead atoms. The maximum atomic E-state index is 11.8. The number of aromatic nitrogens is 2. The molecule has 0 unspecified atom stereocenters. The van der Waals surface area contributed by atoms with Crippen LogP contribution in [-0.2, 0) is 10.0 Å². The van der Waals surface area contributed by atoms with Crippen molar-refractivity contribution >= 4 is 27.6 Å². The van der Waals surface area contributed by atoms with Gasteiger partial charge in [0.05, 0.1) is 4.90 Å². The highest BCUT2D eigenvalue weighted by molar-refractivity contribution is 7.89. The van der Waals surface area contributed by atoms with Gasteiger partial charge in [-0.25, -0.2) is 18.4 Å². The van der Waals surface area contributed by atoms with Crippen LogP contribution in [-0.4, -0.2) is 24.6 Å². The van der Waals surface area contributed by atoms with Gasteiger partial charge < -0.3 is 5.32 Å². The molecule has 22 heavy (non-hydrogen) atoms. The quantitative estimate of drug-likeness (QED) is 0.681. The molecular formula is C13H15N5O3S. The van der Waals surface area contributed by atoms with Crippen LogP contribution in [0.15, 0.2) is 35.2 Å². The molecule has 1 saturated carbocycles. The number of H-pyrrole nitrogens is 1. The van der Waals surface area contributed by atoms with E-state index in [0.717, 1.165) is 18.5 Å². The Hall–Kier alpha value is -2.39. The topological polar surface area (TPSA) is 130 Å². The Morgan fingerprint density at radius 2 is 1.91 bits per heavy atom. The Kier molecular flexibility index (Phi) is 3.59. The number of sulfonamides is 1. The van der Waals surface area contributed by atoms with E-state index in [1.807, 2.05) is 0 Å². The van der Waals surface area contributed by atoms with Gasteiger partial charge >= 0.3 is 6.03 Å². The predicted octanol–water partition coefficient (Wildman–Crippen LogP) is 1.58. The molecule has 2 amide bonds. The number of carbonyl (C=O) groups excluding carboxylic acids is 1. The summed E-state index contributed by atoms with van der Waals surface area (Å²) in [5.74, 6) is 0.970. The molecule has 3 rings (SSSR count). The summed E-state index contributed by atoms with van der Waals surface area (Å²) in [6, 6.07) is 6.91. The molecule has 1 aliphatic carbocycles. The first-order valence-electron chi connectivity index (χ1n) is 6.68. The monoisotopic (exact) mass is 321 g/mol. The SMILES string of the molecule is NS(=O)(=O)c1ccc(NC(=O)Nc2cc(C3CC3)[nH]n2)cc1. The fourth-order valence-electron chi connectivity index (χ4n) is 2.01. The van der Waals surface area contributed by atoms with Gasteiger partial charge in [-0.1, -0.05) is 0 Å². The lowest BCUT2D eigenvalue weighted by molar-refractivity contribution is 0.262. The first-order chi connectivity index (χ1) is 10.4. The molecule has 0 aliphatic heterocycles. The first kappa shape index (κ1) is 14.5. The standard InChI is InChI=1S/C13H15N5O3S/c14-22(20,21)10-5-3-9(4-6-10)15-13(19)16-12-7-11(17-18-12)8-1-2-8/h3-8H,1-2H2,(H2,14,20,21)(H3,15,16,17,18,19). The molecule has 0 saturated heterocycles. The molecule has 0 atom stereocenters. The molecule has 2 aromatic rings. The van der Waals surface area contributed by atoms with Crippen molar-refractivity contribution in [1.82, 2.24) is 10.2 Å². The minimum atomic E-state index is -3.74. The van der Waals surface area contributed by atoms with Crippen LogP contribution in [0.1, 0.15) is 24.5 Å². The van der Waals surface area contributed by atoms with E-state index in [1.165, 1.54) is 24.3 Å². The zero-order valence-corrected chi connectivity index (χ0v) is 12.4. The Morgan fingerprint density at radius 3 is 2.50 bits per heavy atom. The predicted molar refractivity (Wildman–Crippen MR) is 81.0 cm³/mol. The van der Waals surface area contributed by atoms with Crippen molar-refractivity contribution in [1.29, 1.82) is 0 Å². The number of nitrogens with two attached hydrogens (primary N) is 1. The summed E-state index contributed by atoms with van der Waals surface area (Å²) in [5, 5.41) is 17.1. The second-order valence-electron chi connectivity index (χ2n) is 5.13. The molecule has 0 radical (unpaired) electrons. The van der Waals surface area contributed by atoms with Crippen molar-refractivity contribution in [3.05, 3.63) is 36.0 Å². The lowest BCUT2D eigenvalue weighted by atomic mass is 10.3. The Balaban J connectivity index is 1.61. The van der Waals surface area contributed by atoms with Gasteiger partial charge in [-0.3, -0.25) is 10.4 Å². The first-order valence-corrected chi connectivity index (χ1v) is 8.22. The molecule has 1 fully saturated rings. The molecule has 9 heteroatoms. The van der Waals surface area contributed by atoms with Gasteiger partial charge in [0, 0.05) is 23.4 Å². The van der Waals surface area contributed by atoms with Crippen molar-refractivity contribution < 1.29 is 13.2 Å². The van der Waals surface area contributed by atoms with Crippen LogP contribution < -0.4 is 15.8 Å². The highest BCUT2D eigenvalue weighted by Crippen LogP contribution is 2.39. The van der Waals surface area contributed by atoms with E-state index in [-0.39, 0.29) is 4.90 Å². The average Bonchev–Trinajstić information content (AvgIpc) is 3.19. The normalized spacial score (nSPS) is 14.6. The van der Waals surface area contributed by atoms with Crippen molar-refractivity contribution in [3.63, 3.8) is 0 Å². The number of nitrogens with zero attached hydrogens (tertiary/aromatic N) is 1. The number of primary sulfonamides is 1. The molecular weight excluding hydrogens is 306 g/mol. The van der Waals surface area contributed by atoms with E-state index in [9.17, 15) is 13.2 Å². The Morgan fingerprint density at radius 1 is 1.23 bits per heavy atom. The zero-order chi connectivity index (χ0) is 15.7. The van der Waals surface area contributed by atoms with Crippen molar-refractivity contribution in [2.24, 2.45) is 5.14 Å². The fourth-order valence-corrected chi connectivity index (χ4v) is 2.53. The van der Waals surface area contributed by atoms with Crippen LogP contribution in [0.5, 0.6) is 0 Å². The number of hydrogen-bond donors (Lipinski definition) is 4. The van der Waals surface area contributed by atoms with E-state index in [0.29, 0.717) is 17.4 Å². The van der Waals surface area contributed by atoms with E-state index in [4.69, 9.17) is 5.14 Å². The largest absolute Gasteiger partial charge is 0.324 e. The molecule has 1 aliphatic rings. The third-order valence-electron chi connectivity index (χ3n) is 3.30. The number of carbonyl (C=O) groups is 1. The third-order valence-corrected chi connectivity index (χ3v) is 4.23. The average molecular weight is 321 g/mol. The second kappa shape index (κ2) is 5.43. The van der Waals surface area contributed by atoms with Crippen LogP contribution in [0.3, 0.4) is 0 Å². The number of aromatic amines is 1. The Bertz CT molecular complexity index is 793. The summed E-state index contributed by atoms with van der Waals surface area (Å²) in [5.41, 5.74) is 1.47. The van der Waals surface area contributed by atoms with Crippen LogP contribution in [0.2, 0.25) is 0 Å². The molecule has 0 spiro atoms. The third kappa shape index (κ3) is 3.43. The lowest BCUT2D eigenvalue weighted by Gasteiger charge is -2.06. The maximum Gasteiger partial charge on any atom is 0.324 e. The van der Waals surface area contributed by atoms with Gasteiger partial charge in [-0.05, 0) is 37.1 Å². The molecule has 1 aromatic carbocycles. The molecule has 5 N–H and O–H groups in total. The molecule has 116 valence electrons. The minimum Gasteiger partial charge on any atom is -0.308 e. The smallest absolute Gasteiger partial charge is 0.308 e. The summed E-state index contributed by atoms with van der Waals surface area (Å²) >= 11 is 0.